The van der Waals surface area contributed by atoms with Crippen LogP contribution in [0.1, 0.15) is 41.7 Å². The van der Waals surface area contributed by atoms with E-state index in [9.17, 15) is 22.9 Å². The van der Waals surface area contributed by atoms with E-state index in [4.69, 9.17) is 0 Å². The number of nitrogens with zero attached hydrogens (tertiary/aromatic N) is 1. The molecule has 1 aliphatic rings. The van der Waals surface area contributed by atoms with Crippen LogP contribution < -0.4 is 5.32 Å². The number of fused-ring (bicyclic) bond motifs is 1. The number of carbonyl (C=O) groups is 1. The summed E-state index contributed by atoms with van der Waals surface area (Å²) in [6, 6.07) is 6.83. The maximum Gasteiger partial charge on any atom is 0.225 e. The third kappa shape index (κ3) is 4.54. The number of benzene rings is 1. The number of nitriles is 1. The number of aryl methyl sites for hydroxylation is 1. The zero-order valence-corrected chi connectivity index (χ0v) is 16.3. The van der Waals surface area contributed by atoms with Crippen molar-refractivity contribution in [2.45, 2.75) is 43.4 Å². The number of nitrogens with one attached hydrogen (secondary N) is 1. The highest BCUT2D eigenvalue weighted by molar-refractivity contribution is 7.91. The molecule has 0 saturated carbocycles. The quantitative estimate of drug-likeness (QED) is 0.739. The predicted molar refractivity (Wildman–Crippen MR) is 102 cm³/mol. The van der Waals surface area contributed by atoms with Crippen LogP contribution in [0.25, 0.3) is 0 Å². The lowest BCUT2D eigenvalue weighted by Gasteiger charge is -2.09. The molecule has 0 saturated heterocycles. The van der Waals surface area contributed by atoms with E-state index in [-0.39, 0.29) is 29.4 Å². The normalized spacial score (nSPS) is 13.6. The van der Waals surface area contributed by atoms with Crippen LogP contribution >= 0.6 is 11.3 Å². The minimum atomic E-state index is -3.56. The molecule has 142 valence electrons. The summed E-state index contributed by atoms with van der Waals surface area (Å²) in [5.74, 6) is -1.00. The van der Waals surface area contributed by atoms with E-state index in [0.717, 1.165) is 48.3 Å². The Morgan fingerprint density at radius 2 is 1.93 bits per heavy atom. The van der Waals surface area contributed by atoms with Gasteiger partial charge in [-0.25, -0.2) is 12.8 Å². The van der Waals surface area contributed by atoms with Crippen molar-refractivity contribution in [1.82, 2.24) is 0 Å². The smallest absolute Gasteiger partial charge is 0.225 e. The lowest BCUT2D eigenvalue weighted by molar-refractivity contribution is -0.116. The van der Waals surface area contributed by atoms with Gasteiger partial charge >= 0.3 is 0 Å². The third-order valence-electron chi connectivity index (χ3n) is 4.53. The van der Waals surface area contributed by atoms with Gasteiger partial charge in [-0.3, -0.25) is 4.79 Å². The molecule has 8 heteroatoms. The highest BCUT2D eigenvalue weighted by Crippen LogP contribution is 2.37. The summed E-state index contributed by atoms with van der Waals surface area (Å²) in [7, 11) is -3.56. The van der Waals surface area contributed by atoms with E-state index < -0.39 is 15.7 Å². The summed E-state index contributed by atoms with van der Waals surface area (Å²) in [4.78, 5) is 13.4. The molecule has 0 spiro atoms. The number of halogens is 1. The van der Waals surface area contributed by atoms with Gasteiger partial charge in [0.1, 0.15) is 16.9 Å². The minimum absolute atomic E-state index is 0.0356. The molecule has 0 bridgehead atoms. The third-order valence-corrected chi connectivity index (χ3v) is 7.55. The van der Waals surface area contributed by atoms with Gasteiger partial charge in [-0.15, -0.1) is 11.3 Å². The Hall–Kier alpha value is -2.24. The number of carbonyl (C=O) groups excluding carboxylic acids is 1. The summed E-state index contributed by atoms with van der Waals surface area (Å²) in [6.45, 7) is 0. The Labute approximate surface area is 161 Å². The molecule has 0 fully saturated rings. The average molecular weight is 407 g/mol. The van der Waals surface area contributed by atoms with Gasteiger partial charge in [-0.2, -0.15) is 5.26 Å². The van der Waals surface area contributed by atoms with E-state index in [1.165, 1.54) is 23.5 Å². The SMILES string of the molecule is N#Cc1c(NC(=O)CCCS(=O)(=O)c2ccc(F)cc2)sc2c1CCCC2. The van der Waals surface area contributed by atoms with Gasteiger partial charge in [-0.1, -0.05) is 0 Å². The zero-order chi connectivity index (χ0) is 19.4. The molecule has 5 nitrogen and oxygen atoms in total. The van der Waals surface area contributed by atoms with Crippen LogP contribution in [0, 0.1) is 17.1 Å². The fourth-order valence-electron chi connectivity index (χ4n) is 3.14. The van der Waals surface area contributed by atoms with Crippen LogP contribution in [-0.2, 0) is 27.5 Å². The number of sulfone groups is 1. The van der Waals surface area contributed by atoms with Crippen molar-refractivity contribution in [3.63, 3.8) is 0 Å². The van der Waals surface area contributed by atoms with Crippen LogP contribution in [0.2, 0.25) is 0 Å². The van der Waals surface area contributed by atoms with Crippen molar-refractivity contribution in [2.75, 3.05) is 11.1 Å². The monoisotopic (exact) mass is 406 g/mol. The fourth-order valence-corrected chi connectivity index (χ4v) is 5.71. The van der Waals surface area contributed by atoms with Crippen molar-refractivity contribution in [3.8, 4) is 6.07 Å². The van der Waals surface area contributed by atoms with Gasteiger partial charge in [-0.05, 0) is 61.9 Å². The summed E-state index contributed by atoms with van der Waals surface area (Å²) in [5.41, 5.74) is 1.59. The van der Waals surface area contributed by atoms with Gasteiger partial charge in [0.25, 0.3) is 0 Å². The Balaban J connectivity index is 1.58. The molecule has 0 radical (unpaired) electrons. The van der Waals surface area contributed by atoms with E-state index in [2.05, 4.69) is 11.4 Å². The number of hydrogen-bond acceptors (Lipinski definition) is 5. The van der Waals surface area contributed by atoms with Crippen molar-refractivity contribution in [2.24, 2.45) is 0 Å². The maximum atomic E-state index is 12.9. The number of rotatable bonds is 6. The lowest BCUT2D eigenvalue weighted by Crippen LogP contribution is -2.14. The Morgan fingerprint density at radius 1 is 1.22 bits per heavy atom. The molecule has 3 rings (SSSR count). The molecule has 1 N–H and O–H groups in total. The van der Waals surface area contributed by atoms with Gasteiger partial charge in [0, 0.05) is 11.3 Å². The van der Waals surface area contributed by atoms with Crippen molar-refractivity contribution >= 4 is 32.1 Å². The first-order valence-corrected chi connectivity index (χ1v) is 11.2. The predicted octanol–water partition coefficient (Wildman–Crippen LogP) is 3.83. The molecule has 1 amide bonds. The topological polar surface area (TPSA) is 87.0 Å². The highest BCUT2D eigenvalue weighted by atomic mass is 32.2. The first-order valence-electron chi connectivity index (χ1n) is 8.73. The maximum absolute atomic E-state index is 12.9. The first-order chi connectivity index (χ1) is 12.9. The van der Waals surface area contributed by atoms with E-state index in [0.29, 0.717) is 10.6 Å². The van der Waals surface area contributed by atoms with Crippen LogP contribution in [0.5, 0.6) is 0 Å². The van der Waals surface area contributed by atoms with E-state index in [1.54, 1.807) is 0 Å². The molecule has 27 heavy (non-hydrogen) atoms. The van der Waals surface area contributed by atoms with Crippen LogP contribution in [0.4, 0.5) is 9.39 Å². The number of hydrogen-bond donors (Lipinski definition) is 1. The van der Waals surface area contributed by atoms with Crippen LogP contribution in [0.3, 0.4) is 0 Å². The highest BCUT2D eigenvalue weighted by Gasteiger charge is 2.22. The van der Waals surface area contributed by atoms with Crippen LogP contribution in [-0.4, -0.2) is 20.1 Å². The molecule has 0 unspecified atom stereocenters. The molecule has 2 aromatic rings. The second-order valence-corrected chi connectivity index (χ2v) is 9.67. The zero-order valence-electron chi connectivity index (χ0n) is 14.6. The Morgan fingerprint density at radius 3 is 2.63 bits per heavy atom. The second kappa shape index (κ2) is 8.19. The number of anilines is 1. The van der Waals surface area contributed by atoms with Gasteiger partial charge < -0.3 is 5.32 Å². The summed E-state index contributed by atoms with van der Waals surface area (Å²) < 4.78 is 37.4. The molecular weight excluding hydrogens is 387 g/mol. The molecule has 1 heterocycles. The molecule has 1 aliphatic carbocycles. The number of thiophene rings is 1. The largest absolute Gasteiger partial charge is 0.317 e. The van der Waals surface area contributed by atoms with Gasteiger partial charge in [0.15, 0.2) is 9.84 Å². The average Bonchev–Trinajstić information content (AvgIpc) is 2.98. The van der Waals surface area contributed by atoms with Crippen molar-refractivity contribution in [1.29, 1.82) is 5.26 Å². The van der Waals surface area contributed by atoms with E-state index >= 15 is 0 Å². The molecular formula is C19H19FN2O3S2. The lowest BCUT2D eigenvalue weighted by atomic mass is 9.96. The standard InChI is InChI=1S/C19H19FN2O3S2/c20-13-7-9-14(10-8-13)27(24,25)11-3-6-18(23)22-19-16(12-21)15-4-1-2-5-17(15)26-19/h7-10H,1-6,11H2,(H,22,23). The first kappa shape index (κ1) is 19.5. The Bertz CT molecular complexity index is 989. The minimum Gasteiger partial charge on any atom is -0.317 e. The molecule has 0 aliphatic heterocycles. The van der Waals surface area contributed by atoms with Crippen LogP contribution in [0.15, 0.2) is 29.2 Å². The van der Waals surface area contributed by atoms with Gasteiger partial charge in [0.2, 0.25) is 5.91 Å². The fraction of sp³-hybridized carbons (Fsp3) is 0.368. The molecule has 0 atom stereocenters. The summed E-state index contributed by atoms with van der Waals surface area (Å²) in [6.07, 6.45) is 4.12. The van der Waals surface area contributed by atoms with E-state index in [1.807, 2.05) is 0 Å². The Kier molecular flexibility index (Phi) is 5.92. The summed E-state index contributed by atoms with van der Waals surface area (Å²) >= 11 is 1.44. The van der Waals surface area contributed by atoms with Gasteiger partial charge in [0.05, 0.1) is 16.2 Å². The molecule has 1 aromatic carbocycles. The van der Waals surface area contributed by atoms with Crippen molar-refractivity contribution in [3.05, 3.63) is 46.1 Å². The number of amides is 1. The second-order valence-electron chi connectivity index (χ2n) is 6.45. The molecule has 1 aromatic heterocycles. The van der Waals surface area contributed by atoms with Crippen molar-refractivity contribution < 1.29 is 17.6 Å². The summed E-state index contributed by atoms with van der Waals surface area (Å²) in [5, 5.41) is 12.7.